The van der Waals surface area contributed by atoms with E-state index in [0.717, 1.165) is 11.3 Å². The number of hydrogen-bond acceptors (Lipinski definition) is 5. The van der Waals surface area contributed by atoms with Gasteiger partial charge in [-0.2, -0.15) is 4.98 Å². The molecule has 102 valence electrons. The molecule has 0 aliphatic heterocycles. The average Bonchev–Trinajstić information content (AvgIpc) is 2.86. The summed E-state index contributed by atoms with van der Waals surface area (Å²) in [4.78, 5) is 4.38. The number of aromatic nitrogens is 2. The lowest BCUT2D eigenvalue weighted by Crippen LogP contribution is -2.22. The first-order chi connectivity index (χ1) is 9.20. The molecule has 0 radical (unpaired) electrons. The fourth-order valence-corrected chi connectivity index (χ4v) is 1.66. The van der Waals surface area contributed by atoms with Gasteiger partial charge in [0.1, 0.15) is 5.75 Å². The van der Waals surface area contributed by atoms with Crippen molar-refractivity contribution in [3.8, 4) is 17.2 Å². The second-order valence-electron chi connectivity index (χ2n) is 4.48. The molecule has 0 aliphatic rings. The Morgan fingerprint density at radius 1 is 1.32 bits per heavy atom. The Balaban J connectivity index is 2.18. The molecule has 5 heteroatoms. The van der Waals surface area contributed by atoms with E-state index in [1.165, 1.54) is 0 Å². The van der Waals surface area contributed by atoms with Gasteiger partial charge in [0.25, 0.3) is 5.89 Å². The molecule has 1 heterocycles. The maximum absolute atomic E-state index is 5.56. The minimum Gasteiger partial charge on any atom is -0.493 e. The summed E-state index contributed by atoms with van der Waals surface area (Å²) in [6.45, 7) is 7.30. The van der Waals surface area contributed by atoms with E-state index in [0.29, 0.717) is 30.9 Å². The lowest BCUT2D eigenvalue weighted by Gasteiger charge is -2.06. The molecule has 1 aromatic heterocycles. The number of para-hydroxylation sites is 1. The van der Waals surface area contributed by atoms with E-state index < -0.39 is 0 Å². The van der Waals surface area contributed by atoms with Crippen molar-refractivity contribution in [2.24, 2.45) is 0 Å². The predicted octanol–water partition coefficient (Wildman–Crippen LogP) is 2.63. The molecule has 2 rings (SSSR count). The number of hydrogen-bond donors (Lipinski definition) is 1. The van der Waals surface area contributed by atoms with Crippen LogP contribution in [0.1, 0.15) is 26.6 Å². The zero-order chi connectivity index (χ0) is 13.7. The van der Waals surface area contributed by atoms with Gasteiger partial charge in [-0.25, -0.2) is 0 Å². The molecule has 1 aromatic carbocycles. The number of ether oxygens (including phenoxy) is 1. The van der Waals surface area contributed by atoms with Crippen molar-refractivity contribution < 1.29 is 9.26 Å². The van der Waals surface area contributed by atoms with E-state index in [9.17, 15) is 0 Å². The highest BCUT2D eigenvalue weighted by Crippen LogP contribution is 2.28. The zero-order valence-electron chi connectivity index (χ0n) is 11.5. The fourth-order valence-electron chi connectivity index (χ4n) is 1.66. The van der Waals surface area contributed by atoms with Gasteiger partial charge in [0.15, 0.2) is 5.82 Å². The van der Waals surface area contributed by atoms with Crippen LogP contribution in [0.15, 0.2) is 28.8 Å². The number of benzene rings is 1. The summed E-state index contributed by atoms with van der Waals surface area (Å²) in [5.41, 5.74) is 0.827. The Bertz CT molecular complexity index is 523. The third-order valence-electron chi connectivity index (χ3n) is 2.55. The van der Waals surface area contributed by atoms with Crippen LogP contribution < -0.4 is 10.1 Å². The van der Waals surface area contributed by atoms with E-state index in [1.54, 1.807) is 0 Å². The van der Waals surface area contributed by atoms with Crippen LogP contribution in [0.25, 0.3) is 11.5 Å². The van der Waals surface area contributed by atoms with Crippen molar-refractivity contribution in [2.45, 2.75) is 33.4 Å². The summed E-state index contributed by atoms with van der Waals surface area (Å²) < 4.78 is 10.8. The minimum atomic E-state index is 0.387. The first-order valence-corrected chi connectivity index (χ1v) is 6.49. The van der Waals surface area contributed by atoms with Crippen molar-refractivity contribution >= 4 is 0 Å². The topological polar surface area (TPSA) is 60.2 Å². The van der Waals surface area contributed by atoms with Gasteiger partial charge in [-0.05, 0) is 19.1 Å². The first kappa shape index (κ1) is 13.5. The van der Waals surface area contributed by atoms with Crippen LogP contribution in [0.2, 0.25) is 0 Å². The van der Waals surface area contributed by atoms with Gasteiger partial charge in [0, 0.05) is 6.04 Å². The summed E-state index contributed by atoms with van der Waals surface area (Å²) in [7, 11) is 0. The van der Waals surface area contributed by atoms with Crippen LogP contribution in [0.3, 0.4) is 0 Å². The summed E-state index contributed by atoms with van der Waals surface area (Å²) >= 11 is 0. The molecule has 0 aliphatic carbocycles. The van der Waals surface area contributed by atoms with Gasteiger partial charge in [-0.3, -0.25) is 0 Å². The molecule has 0 unspecified atom stereocenters. The van der Waals surface area contributed by atoms with Crippen LogP contribution in [-0.4, -0.2) is 22.8 Å². The summed E-state index contributed by atoms with van der Waals surface area (Å²) in [6.07, 6.45) is 0. The Hall–Kier alpha value is -1.88. The second kappa shape index (κ2) is 6.33. The SMILES string of the molecule is CCOc1ccccc1-c1nc(CNC(C)C)no1. The van der Waals surface area contributed by atoms with Crippen LogP contribution in [0, 0.1) is 0 Å². The largest absolute Gasteiger partial charge is 0.493 e. The quantitative estimate of drug-likeness (QED) is 0.866. The van der Waals surface area contributed by atoms with Gasteiger partial charge >= 0.3 is 0 Å². The summed E-state index contributed by atoms with van der Waals surface area (Å²) in [6, 6.07) is 8.05. The van der Waals surface area contributed by atoms with Crippen molar-refractivity contribution in [1.29, 1.82) is 0 Å². The van der Waals surface area contributed by atoms with E-state index in [-0.39, 0.29) is 0 Å². The van der Waals surface area contributed by atoms with Crippen molar-refractivity contribution in [3.05, 3.63) is 30.1 Å². The lowest BCUT2D eigenvalue weighted by molar-refractivity contribution is 0.339. The zero-order valence-corrected chi connectivity index (χ0v) is 11.5. The Morgan fingerprint density at radius 3 is 2.84 bits per heavy atom. The Morgan fingerprint density at radius 2 is 2.11 bits per heavy atom. The normalized spacial score (nSPS) is 10.9. The number of nitrogens with one attached hydrogen (secondary N) is 1. The average molecular weight is 261 g/mol. The molecule has 5 nitrogen and oxygen atoms in total. The van der Waals surface area contributed by atoms with Crippen molar-refractivity contribution in [1.82, 2.24) is 15.5 Å². The molecule has 0 fully saturated rings. The molecule has 0 amide bonds. The van der Waals surface area contributed by atoms with Crippen LogP contribution in [0.5, 0.6) is 5.75 Å². The monoisotopic (exact) mass is 261 g/mol. The molecule has 0 spiro atoms. The molecule has 0 bridgehead atoms. The standard InChI is InChI=1S/C14H19N3O2/c1-4-18-12-8-6-5-7-11(12)14-16-13(17-19-14)9-15-10(2)3/h5-8,10,15H,4,9H2,1-3H3. The molecule has 0 saturated heterocycles. The smallest absolute Gasteiger partial charge is 0.261 e. The maximum atomic E-state index is 5.56. The van der Waals surface area contributed by atoms with Crippen molar-refractivity contribution in [3.63, 3.8) is 0 Å². The van der Waals surface area contributed by atoms with E-state index in [4.69, 9.17) is 9.26 Å². The van der Waals surface area contributed by atoms with Gasteiger partial charge < -0.3 is 14.6 Å². The van der Waals surface area contributed by atoms with E-state index in [2.05, 4.69) is 29.3 Å². The molecule has 0 atom stereocenters. The summed E-state index contributed by atoms with van der Waals surface area (Å²) in [5, 5.41) is 7.21. The summed E-state index contributed by atoms with van der Waals surface area (Å²) in [5.74, 6) is 1.90. The van der Waals surface area contributed by atoms with Gasteiger partial charge in [-0.1, -0.05) is 31.1 Å². The van der Waals surface area contributed by atoms with Crippen LogP contribution >= 0.6 is 0 Å². The minimum absolute atomic E-state index is 0.387. The molecule has 2 aromatic rings. The molecular weight excluding hydrogens is 242 g/mol. The molecule has 0 saturated carbocycles. The third kappa shape index (κ3) is 3.54. The lowest BCUT2D eigenvalue weighted by atomic mass is 10.2. The highest BCUT2D eigenvalue weighted by molar-refractivity contribution is 5.62. The predicted molar refractivity (Wildman–Crippen MR) is 72.9 cm³/mol. The van der Waals surface area contributed by atoms with Crippen molar-refractivity contribution in [2.75, 3.05) is 6.61 Å². The van der Waals surface area contributed by atoms with Gasteiger partial charge in [0.2, 0.25) is 0 Å². The highest BCUT2D eigenvalue weighted by atomic mass is 16.5. The first-order valence-electron chi connectivity index (χ1n) is 6.49. The van der Waals surface area contributed by atoms with E-state index in [1.807, 2.05) is 31.2 Å². The van der Waals surface area contributed by atoms with E-state index >= 15 is 0 Å². The number of rotatable bonds is 6. The Labute approximate surface area is 113 Å². The molecular formula is C14H19N3O2. The second-order valence-corrected chi connectivity index (χ2v) is 4.48. The number of nitrogens with zero attached hydrogens (tertiary/aromatic N) is 2. The molecule has 1 N–H and O–H groups in total. The molecule has 19 heavy (non-hydrogen) atoms. The Kier molecular flexibility index (Phi) is 4.52. The van der Waals surface area contributed by atoms with Gasteiger partial charge in [-0.15, -0.1) is 0 Å². The van der Waals surface area contributed by atoms with Gasteiger partial charge in [0.05, 0.1) is 18.7 Å². The maximum Gasteiger partial charge on any atom is 0.261 e. The highest BCUT2D eigenvalue weighted by Gasteiger charge is 2.13. The fraction of sp³-hybridized carbons (Fsp3) is 0.429. The van der Waals surface area contributed by atoms with Crippen LogP contribution in [-0.2, 0) is 6.54 Å². The third-order valence-corrected chi connectivity index (χ3v) is 2.55. The van der Waals surface area contributed by atoms with Crippen LogP contribution in [0.4, 0.5) is 0 Å².